The Kier molecular flexibility index (Phi) is 6.96. The molecule has 1 unspecified atom stereocenters. The maximum Gasteiger partial charge on any atom is 0.310 e. The number of piperidine rings is 1. The highest BCUT2D eigenvalue weighted by atomic mass is 16.5. The van der Waals surface area contributed by atoms with E-state index in [2.05, 4.69) is 10.3 Å². The summed E-state index contributed by atoms with van der Waals surface area (Å²) >= 11 is 0. The number of aromatic nitrogens is 1. The summed E-state index contributed by atoms with van der Waals surface area (Å²) in [5.74, 6) is -0.881. The van der Waals surface area contributed by atoms with E-state index in [1.165, 1.54) is 6.20 Å². The molecule has 2 rings (SSSR count). The van der Waals surface area contributed by atoms with Crippen LogP contribution in [0.25, 0.3) is 0 Å². The van der Waals surface area contributed by atoms with Crippen molar-refractivity contribution in [3.8, 4) is 6.07 Å². The average Bonchev–Trinajstić information content (AvgIpc) is 2.65. The summed E-state index contributed by atoms with van der Waals surface area (Å²) in [6.45, 7) is 3.60. The van der Waals surface area contributed by atoms with Crippen molar-refractivity contribution in [1.82, 2.24) is 15.2 Å². The quantitative estimate of drug-likeness (QED) is 0.477. The van der Waals surface area contributed by atoms with Crippen LogP contribution in [0.5, 0.6) is 0 Å². The lowest BCUT2D eigenvalue weighted by atomic mass is 9.98. The second kappa shape index (κ2) is 9.42. The number of ether oxygens (including phenoxy) is 1. The van der Waals surface area contributed by atoms with Gasteiger partial charge in [0.15, 0.2) is 0 Å². The van der Waals surface area contributed by atoms with E-state index in [4.69, 9.17) is 4.74 Å². The third kappa shape index (κ3) is 5.60. The normalized spacial score (nSPS) is 17.5. The van der Waals surface area contributed by atoms with E-state index in [9.17, 15) is 14.9 Å². The first-order valence-corrected chi connectivity index (χ1v) is 8.33. The molecular weight excluding hydrogens is 320 g/mol. The van der Waals surface area contributed by atoms with Gasteiger partial charge in [-0.05, 0) is 31.4 Å². The van der Waals surface area contributed by atoms with Gasteiger partial charge in [-0.2, -0.15) is 5.26 Å². The monoisotopic (exact) mass is 342 g/mol. The number of hydrogen-bond donors (Lipinski definition) is 1. The molecule has 1 amide bonds. The highest BCUT2D eigenvalue weighted by Gasteiger charge is 2.26. The smallest absolute Gasteiger partial charge is 0.310 e. The van der Waals surface area contributed by atoms with Crippen molar-refractivity contribution >= 4 is 11.9 Å². The van der Waals surface area contributed by atoms with Crippen LogP contribution in [0.2, 0.25) is 0 Å². The molecule has 0 aromatic carbocycles. The van der Waals surface area contributed by atoms with Crippen LogP contribution in [-0.4, -0.2) is 41.5 Å². The van der Waals surface area contributed by atoms with Gasteiger partial charge in [0.05, 0.1) is 12.5 Å². The van der Waals surface area contributed by atoms with Gasteiger partial charge in [-0.3, -0.25) is 14.6 Å². The average molecular weight is 342 g/mol. The number of rotatable bonds is 6. The summed E-state index contributed by atoms with van der Waals surface area (Å²) in [6, 6.07) is 5.56. The van der Waals surface area contributed by atoms with Crippen LogP contribution < -0.4 is 5.32 Å². The standard InChI is InChI=1S/C18H22N4O3/c1-2-25-18(24)15-6-4-8-22(12-15)13-16(9-19)17(23)21-11-14-5-3-7-20-10-14/h3,5,7,10,13,15H,2,4,6,8,11-12H2,1H3,(H,21,23)/b16-13-. The number of amides is 1. The van der Waals surface area contributed by atoms with Gasteiger partial charge < -0.3 is 15.0 Å². The van der Waals surface area contributed by atoms with E-state index in [0.29, 0.717) is 26.2 Å². The van der Waals surface area contributed by atoms with Crippen molar-refractivity contribution in [3.63, 3.8) is 0 Å². The molecule has 1 atom stereocenters. The van der Waals surface area contributed by atoms with Crippen molar-refractivity contribution < 1.29 is 14.3 Å². The molecular formula is C18H22N4O3. The Labute approximate surface area is 147 Å². The minimum Gasteiger partial charge on any atom is -0.466 e. The number of likely N-dealkylation sites (tertiary alicyclic amines) is 1. The number of hydrogen-bond acceptors (Lipinski definition) is 6. The molecule has 2 heterocycles. The van der Waals surface area contributed by atoms with Gasteiger partial charge >= 0.3 is 5.97 Å². The van der Waals surface area contributed by atoms with E-state index in [1.54, 1.807) is 25.4 Å². The Morgan fingerprint density at radius 2 is 2.40 bits per heavy atom. The minimum absolute atomic E-state index is 0.0217. The van der Waals surface area contributed by atoms with Crippen LogP contribution in [0.15, 0.2) is 36.3 Å². The van der Waals surface area contributed by atoms with E-state index in [-0.39, 0.29) is 17.5 Å². The number of nitriles is 1. The first kappa shape index (κ1) is 18.5. The molecule has 0 aliphatic carbocycles. The molecule has 0 radical (unpaired) electrons. The molecule has 132 valence electrons. The van der Waals surface area contributed by atoms with E-state index in [0.717, 1.165) is 18.4 Å². The predicted octanol–water partition coefficient (Wildman–Crippen LogP) is 1.38. The molecule has 0 spiro atoms. The molecule has 1 aliphatic rings. The lowest BCUT2D eigenvalue weighted by molar-refractivity contribution is -0.149. The summed E-state index contributed by atoms with van der Waals surface area (Å²) in [6.07, 6.45) is 6.42. The molecule has 7 nitrogen and oxygen atoms in total. The Balaban J connectivity index is 1.95. The number of carbonyl (C=O) groups excluding carboxylic acids is 2. The molecule has 1 aromatic heterocycles. The fraction of sp³-hybridized carbons (Fsp3) is 0.444. The number of nitrogens with zero attached hydrogens (tertiary/aromatic N) is 3. The summed E-state index contributed by atoms with van der Waals surface area (Å²) in [4.78, 5) is 29.9. The third-order valence-corrected chi connectivity index (χ3v) is 3.93. The van der Waals surface area contributed by atoms with Crippen LogP contribution in [0.1, 0.15) is 25.3 Å². The van der Waals surface area contributed by atoms with Crippen LogP contribution >= 0.6 is 0 Å². The molecule has 1 N–H and O–H groups in total. The highest BCUT2D eigenvalue weighted by Crippen LogP contribution is 2.19. The van der Waals surface area contributed by atoms with Gasteiger partial charge in [-0.1, -0.05) is 6.07 Å². The van der Waals surface area contributed by atoms with Gasteiger partial charge in [-0.25, -0.2) is 0 Å². The van der Waals surface area contributed by atoms with Crippen molar-refractivity contribution in [2.24, 2.45) is 5.92 Å². The topological polar surface area (TPSA) is 95.3 Å². The van der Waals surface area contributed by atoms with Gasteiger partial charge in [0, 0.05) is 38.2 Å². The number of nitrogens with one attached hydrogen (secondary N) is 1. The summed E-state index contributed by atoms with van der Waals surface area (Å²) in [7, 11) is 0. The second-order valence-electron chi connectivity index (χ2n) is 5.78. The maximum absolute atomic E-state index is 12.2. The SMILES string of the molecule is CCOC(=O)C1CCCN(/C=C(/C#N)C(=O)NCc2cccnc2)C1. The van der Waals surface area contributed by atoms with Crippen LogP contribution in [0, 0.1) is 17.2 Å². The molecule has 0 saturated carbocycles. The van der Waals surface area contributed by atoms with Crippen LogP contribution in [0.3, 0.4) is 0 Å². The first-order chi connectivity index (χ1) is 12.1. The zero-order valence-electron chi connectivity index (χ0n) is 14.3. The van der Waals surface area contributed by atoms with Gasteiger partial charge in [0.25, 0.3) is 5.91 Å². The number of pyridine rings is 1. The Morgan fingerprint density at radius 3 is 3.08 bits per heavy atom. The first-order valence-electron chi connectivity index (χ1n) is 8.33. The number of carbonyl (C=O) groups is 2. The lowest BCUT2D eigenvalue weighted by Crippen LogP contribution is -2.37. The summed E-state index contributed by atoms with van der Waals surface area (Å²) in [5.41, 5.74) is 0.877. The fourth-order valence-corrected chi connectivity index (χ4v) is 2.68. The van der Waals surface area contributed by atoms with E-state index < -0.39 is 5.91 Å². The van der Waals surface area contributed by atoms with Crippen LogP contribution in [0.4, 0.5) is 0 Å². The largest absolute Gasteiger partial charge is 0.466 e. The summed E-state index contributed by atoms with van der Waals surface area (Å²) in [5, 5.41) is 12.0. The lowest BCUT2D eigenvalue weighted by Gasteiger charge is -2.30. The van der Waals surface area contributed by atoms with E-state index in [1.807, 2.05) is 17.0 Å². The fourth-order valence-electron chi connectivity index (χ4n) is 2.68. The Hall–Kier alpha value is -2.88. The van der Waals surface area contributed by atoms with Gasteiger partial charge in [0.1, 0.15) is 11.6 Å². The molecule has 7 heteroatoms. The van der Waals surface area contributed by atoms with Gasteiger partial charge in [-0.15, -0.1) is 0 Å². The predicted molar refractivity (Wildman–Crippen MR) is 90.7 cm³/mol. The van der Waals surface area contributed by atoms with Gasteiger partial charge in [0.2, 0.25) is 0 Å². The number of esters is 1. The van der Waals surface area contributed by atoms with Crippen molar-refractivity contribution in [1.29, 1.82) is 5.26 Å². The maximum atomic E-state index is 12.2. The molecule has 25 heavy (non-hydrogen) atoms. The van der Waals surface area contributed by atoms with Crippen LogP contribution in [-0.2, 0) is 20.9 Å². The Bertz CT molecular complexity index is 667. The Morgan fingerprint density at radius 1 is 1.56 bits per heavy atom. The second-order valence-corrected chi connectivity index (χ2v) is 5.78. The zero-order chi connectivity index (χ0) is 18.1. The molecule has 1 aliphatic heterocycles. The third-order valence-electron chi connectivity index (χ3n) is 3.93. The molecule has 0 bridgehead atoms. The molecule has 1 aromatic rings. The summed E-state index contributed by atoms with van der Waals surface area (Å²) < 4.78 is 5.06. The van der Waals surface area contributed by atoms with Crippen molar-refractivity contribution in [2.75, 3.05) is 19.7 Å². The van der Waals surface area contributed by atoms with Crippen molar-refractivity contribution in [2.45, 2.75) is 26.3 Å². The highest BCUT2D eigenvalue weighted by molar-refractivity contribution is 5.97. The van der Waals surface area contributed by atoms with E-state index >= 15 is 0 Å². The van der Waals surface area contributed by atoms with Crippen molar-refractivity contribution in [3.05, 3.63) is 41.9 Å². The zero-order valence-corrected chi connectivity index (χ0v) is 14.3. The molecule has 1 fully saturated rings. The molecule has 1 saturated heterocycles. The minimum atomic E-state index is -0.440.